The molecular weight excluding hydrogens is 204 g/mol. The Kier molecular flexibility index (Phi) is 4.23. The molecule has 0 fully saturated rings. The summed E-state index contributed by atoms with van der Waals surface area (Å²) < 4.78 is 5.01. The van der Waals surface area contributed by atoms with Gasteiger partial charge in [-0.2, -0.15) is 0 Å². The molecule has 0 aromatic heterocycles. The van der Waals surface area contributed by atoms with Gasteiger partial charge in [0.15, 0.2) is 5.78 Å². The van der Waals surface area contributed by atoms with Gasteiger partial charge in [0.2, 0.25) is 0 Å². The second kappa shape index (κ2) is 5.45. The molecule has 0 aliphatic rings. The summed E-state index contributed by atoms with van der Waals surface area (Å²) in [5.41, 5.74) is 0.645. The number of rotatable bonds is 4. The molecule has 0 aliphatic carbocycles. The van der Waals surface area contributed by atoms with Crippen molar-refractivity contribution in [3.05, 3.63) is 29.8 Å². The van der Waals surface area contributed by atoms with Crippen molar-refractivity contribution < 1.29 is 14.3 Å². The van der Waals surface area contributed by atoms with E-state index in [-0.39, 0.29) is 17.7 Å². The number of hydrogen-bond donors (Lipinski definition) is 0. The topological polar surface area (TPSA) is 43.4 Å². The van der Waals surface area contributed by atoms with Crippen LogP contribution in [0.15, 0.2) is 24.3 Å². The van der Waals surface area contributed by atoms with E-state index in [4.69, 9.17) is 4.74 Å². The lowest BCUT2D eigenvalue weighted by atomic mass is 10.0. The standard InChI is InChI=1S/C13H16O3/c1-4-12(14)16-11-7-5-10(6-8-11)13(15)9(2)3/h5-9H,4H2,1-3H3. The van der Waals surface area contributed by atoms with E-state index >= 15 is 0 Å². The lowest BCUT2D eigenvalue weighted by molar-refractivity contribution is -0.134. The summed E-state index contributed by atoms with van der Waals surface area (Å²) >= 11 is 0. The Morgan fingerprint density at radius 1 is 1.19 bits per heavy atom. The van der Waals surface area contributed by atoms with Gasteiger partial charge in [0.25, 0.3) is 0 Å². The van der Waals surface area contributed by atoms with Crippen LogP contribution < -0.4 is 4.74 Å². The highest BCUT2D eigenvalue weighted by molar-refractivity contribution is 5.97. The Balaban J connectivity index is 2.75. The Morgan fingerprint density at radius 2 is 1.75 bits per heavy atom. The molecular formula is C13H16O3. The highest BCUT2D eigenvalue weighted by atomic mass is 16.5. The summed E-state index contributed by atoms with van der Waals surface area (Å²) in [4.78, 5) is 22.6. The van der Waals surface area contributed by atoms with Gasteiger partial charge in [0.05, 0.1) is 0 Å². The number of benzene rings is 1. The Bertz CT molecular complexity index is 377. The molecule has 0 atom stereocenters. The monoisotopic (exact) mass is 220 g/mol. The zero-order valence-corrected chi connectivity index (χ0v) is 9.82. The number of carbonyl (C=O) groups excluding carboxylic acids is 2. The van der Waals surface area contributed by atoms with Gasteiger partial charge in [-0.1, -0.05) is 20.8 Å². The van der Waals surface area contributed by atoms with Crippen LogP contribution in [-0.2, 0) is 4.79 Å². The van der Waals surface area contributed by atoms with Crippen LogP contribution in [0.2, 0.25) is 0 Å². The fraction of sp³-hybridized carbons (Fsp3) is 0.385. The van der Waals surface area contributed by atoms with Crippen molar-refractivity contribution in [3.8, 4) is 5.75 Å². The largest absolute Gasteiger partial charge is 0.427 e. The van der Waals surface area contributed by atoms with Crippen LogP contribution in [0.5, 0.6) is 5.75 Å². The molecule has 3 heteroatoms. The first-order valence-corrected chi connectivity index (χ1v) is 5.39. The zero-order chi connectivity index (χ0) is 12.1. The first-order chi connectivity index (χ1) is 7.54. The summed E-state index contributed by atoms with van der Waals surface area (Å²) in [6.45, 7) is 5.44. The maximum absolute atomic E-state index is 11.6. The van der Waals surface area contributed by atoms with Crippen LogP contribution in [0.1, 0.15) is 37.6 Å². The number of carbonyl (C=O) groups is 2. The number of esters is 1. The normalized spacial score (nSPS) is 10.2. The molecule has 86 valence electrons. The maximum atomic E-state index is 11.6. The van der Waals surface area contributed by atoms with Gasteiger partial charge in [0, 0.05) is 17.9 Å². The van der Waals surface area contributed by atoms with Crippen molar-refractivity contribution in [1.82, 2.24) is 0 Å². The van der Waals surface area contributed by atoms with Crippen LogP contribution in [0.25, 0.3) is 0 Å². The van der Waals surface area contributed by atoms with Crippen LogP contribution in [-0.4, -0.2) is 11.8 Å². The number of ketones is 1. The van der Waals surface area contributed by atoms with E-state index in [2.05, 4.69) is 0 Å². The van der Waals surface area contributed by atoms with Gasteiger partial charge < -0.3 is 4.74 Å². The molecule has 0 amide bonds. The van der Waals surface area contributed by atoms with Crippen molar-refractivity contribution in [3.63, 3.8) is 0 Å². The molecule has 0 saturated heterocycles. The summed E-state index contributed by atoms with van der Waals surface area (Å²) in [6, 6.07) is 6.65. The molecule has 0 radical (unpaired) electrons. The lowest BCUT2D eigenvalue weighted by Gasteiger charge is -2.06. The molecule has 1 rings (SSSR count). The molecule has 3 nitrogen and oxygen atoms in total. The SMILES string of the molecule is CCC(=O)Oc1ccc(C(=O)C(C)C)cc1. The van der Waals surface area contributed by atoms with Crippen LogP contribution in [0, 0.1) is 5.92 Å². The first-order valence-electron chi connectivity index (χ1n) is 5.39. The van der Waals surface area contributed by atoms with Crippen molar-refractivity contribution in [2.75, 3.05) is 0 Å². The predicted octanol–water partition coefficient (Wildman–Crippen LogP) is 2.84. The van der Waals surface area contributed by atoms with Crippen molar-refractivity contribution >= 4 is 11.8 Å². The molecule has 0 bridgehead atoms. The van der Waals surface area contributed by atoms with E-state index < -0.39 is 0 Å². The minimum atomic E-state index is -0.275. The Labute approximate surface area is 95.4 Å². The molecule has 1 aromatic rings. The van der Waals surface area contributed by atoms with E-state index in [0.717, 1.165) is 0 Å². The average Bonchev–Trinajstić information content (AvgIpc) is 2.28. The van der Waals surface area contributed by atoms with Crippen molar-refractivity contribution in [2.24, 2.45) is 5.92 Å². The van der Waals surface area contributed by atoms with Gasteiger partial charge in [-0.3, -0.25) is 9.59 Å². The smallest absolute Gasteiger partial charge is 0.310 e. The number of Topliss-reactive ketones (excluding diaryl/α,β-unsaturated/α-hetero) is 1. The molecule has 0 N–H and O–H groups in total. The van der Waals surface area contributed by atoms with E-state index in [9.17, 15) is 9.59 Å². The lowest BCUT2D eigenvalue weighted by Crippen LogP contribution is -2.08. The summed E-state index contributed by atoms with van der Waals surface area (Å²) in [6.07, 6.45) is 0.340. The molecule has 0 saturated carbocycles. The third kappa shape index (κ3) is 3.19. The van der Waals surface area contributed by atoms with Gasteiger partial charge in [-0.05, 0) is 24.3 Å². The average molecular weight is 220 g/mol. The van der Waals surface area contributed by atoms with E-state index in [1.807, 2.05) is 13.8 Å². The second-order valence-corrected chi connectivity index (χ2v) is 3.87. The first kappa shape index (κ1) is 12.4. The van der Waals surface area contributed by atoms with Crippen LogP contribution >= 0.6 is 0 Å². The van der Waals surface area contributed by atoms with Gasteiger partial charge in [-0.25, -0.2) is 0 Å². The summed E-state index contributed by atoms with van der Waals surface area (Å²) in [5, 5.41) is 0. The predicted molar refractivity (Wildman–Crippen MR) is 61.5 cm³/mol. The van der Waals surface area contributed by atoms with Crippen LogP contribution in [0.3, 0.4) is 0 Å². The number of hydrogen-bond acceptors (Lipinski definition) is 3. The summed E-state index contributed by atoms with van der Waals surface area (Å²) in [7, 11) is 0. The van der Waals surface area contributed by atoms with Crippen LogP contribution in [0.4, 0.5) is 0 Å². The van der Waals surface area contributed by atoms with Crippen molar-refractivity contribution in [2.45, 2.75) is 27.2 Å². The quantitative estimate of drug-likeness (QED) is 0.445. The molecule has 1 aromatic carbocycles. The third-order valence-electron chi connectivity index (χ3n) is 2.18. The van der Waals surface area contributed by atoms with Gasteiger partial charge >= 0.3 is 5.97 Å². The highest BCUT2D eigenvalue weighted by Crippen LogP contribution is 2.15. The minimum absolute atomic E-state index is 0.0240. The molecule has 0 spiro atoms. The van der Waals surface area contributed by atoms with Crippen molar-refractivity contribution in [1.29, 1.82) is 0 Å². The van der Waals surface area contributed by atoms with E-state index in [1.165, 1.54) is 0 Å². The van der Waals surface area contributed by atoms with E-state index in [1.54, 1.807) is 31.2 Å². The Hall–Kier alpha value is -1.64. The fourth-order valence-electron chi connectivity index (χ4n) is 1.22. The maximum Gasteiger partial charge on any atom is 0.310 e. The fourth-order valence-corrected chi connectivity index (χ4v) is 1.22. The van der Waals surface area contributed by atoms with Gasteiger partial charge in [0.1, 0.15) is 5.75 Å². The molecule has 16 heavy (non-hydrogen) atoms. The van der Waals surface area contributed by atoms with Gasteiger partial charge in [-0.15, -0.1) is 0 Å². The zero-order valence-electron chi connectivity index (χ0n) is 9.82. The minimum Gasteiger partial charge on any atom is -0.427 e. The molecule has 0 heterocycles. The summed E-state index contributed by atoms with van der Waals surface area (Å²) in [5.74, 6) is 0.271. The Morgan fingerprint density at radius 3 is 2.19 bits per heavy atom. The second-order valence-electron chi connectivity index (χ2n) is 3.87. The third-order valence-corrected chi connectivity index (χ3v) is 2.18. The van der Waals surface area contributed by atoms with E-state index in [0.29, 0.717) is 17.7 Å². The molecule has 0 aliphatic heterocycles. The number of ether oxygens (including phenoxy) is 1. The highest BCUT2D eigenvalue weighted by Gasteiger charge is 2.10. The molecule has 0 unspecified atom stereocenters.